The predicted molar refractivity (Wildman–Crippen MR) is 93.3 cm³/mol. The third-order valence-corrected chi connectivity index (χ3v) is 5.08. The molecule has 1 aliphatic rings. The highest BCUT2D eigenvalue weighted by Crippen LogP contribution is 2.40. The van der Waals surface area contributed by atoms with E-state index in [1.54, 1.807) is 18.3 Å². The molecule has 24 heavy (non-hydrogen) atoms. The molecule has 1 aliphatic carbocycles. The molecule has 2 N–H and O–H groups in total. The summed E-state index contributed by atoms with van der Waals surface area (Å²) < 4.78 is 5.68. The summed E-state index contributed by atoms with van der Waals surface area (Å²) >= 11 is 1.61. The van der Waals surface area contributed by atoms with Gasteiger partial charge in [0.05, 0.1) is 10.9 Å². The van der Waals surface area contributed by atoms with E-state index in [0.29, 0.717) is 34.8 Å². The first-order valence-corrected chi connectivity index (χ1v) is 8.82. The zero-order valence-corrected chi connectivity index (χ0v) is 14.4. The molecular weight excluding hydrogens is 324 g/mol. The number of furan rings is 1. The average molecular weight is 342 g/mol. The Kier molecular flexibility index (Phi) is 3.53. The van der Waals surface area contributed by atoms with Crippen LogP contribution in [-0.4, -0.2) is 21.4 Å². The monoisotopic (exact) mass is 342 g/mol. The zero-order chi connectivity index (χ0) is 16.7. The summed E-state index contributed by atoms with van der Waals surface area (Å²) in [6.45, 7) is 4.41. The van der Waals surface area contributed by atoms with Crippen molar-refractivity contribution in [3.63, 3.8) is 0 Å². The van der Waals surface area contributed by atoms with Crippen molar-refractivity contribution in [1.29, 1.82) is 0 Å². The van der Waals surface area contributed by atoms with E-state index in [2.05, 4.69) is 27.5 Å². The third-order valence-electron chi connectivity index (χ3n) is 4.34. The first-order chi connectivity index (χ1) is 11.6. The van der Waals surface area contributed by atoms with Gasteiger partial charge in [0.15, 0.2) is 0 Å². The van der Waals surface area contributed by atoms with Crippen LogP contribution in [0.2, 0.25) is 0 Å². The van der Waals surface area contributed by atoms with Gasteiger partial charge in [0, 0.05) is 12.1 Å². The molecule has 124 valence electrons. The lowest BCUT2D eigenvalue weighted by Crippen LogP contribution is -2.24. The fourth-order valence-corrected chi connectivity index (χ4v) is 3.34. The van der Waals surface area contributed by atoms with E-state index >= 15 is 0 Å². The van der Waals surface area contributed by atoms with Crippen molar-refractivity contribution in [2.75, 3.05) is 5.32 Å². The average Bonchev–Trinajstić information content (AvgIpc) is 2.98. The van der Waals surface area contributed by atoms with E-state index in [9.17, 15) is 4.79 Å². The lowest BCUT2D eigenvalue weighted by molar-refractivity contribution is 0.0951. The number of hydrogen-bond acceptors (Lipinski definition) is 6. The highest BCUT2D eigenvalue weighted by atomic mass is 32.1. The van der Waals surface area contributed by atoms with Crippen molar-refractivity contribution in [2.45, 2.75) is 38.8 Å². The van der Waals surface area contributed by atoms with E-state index in [1.807, 2.05) is 16.8 Å². The Morgan fingerprint density at radius 1 is 1.42 bits per heavy atom. The van der Waals surface area contributed by atoms with E-state index in [1.165, 1.54) is 6.33 Å². The Balaban J connectivity index is 1.68. The lowest BCUT2D eigenvalue weighted by Gasteiger charge is -2.13. The molecule has 0 atom stereocenters. The Morgan fingerprint density at radius 3 is 2.96 bits per heavy atom. The number of hydrogen-bond donors (Lipinski definition) is 2. The van der Waals surface area contributed by atoms with Gasteiger partial charge >= 0.3 is 0 Å². The van der Waals surface area contributed by atoms with Crippen LogP contribution in [0.5, 0.6) is 0 Å². The Hall–Kier alpha value is -2.41. The summed E-state index contributed by atoms with van der Waals surface area (Å²) in [4.78, 5) is 21.2. The van der Waals surface area contributed by atoms with Gasteiger partial charge in [0.1, 0.15) is 17.9 Å². The molecule has 0 radical (unpaired) electrons. The quantitative estimate of drug-likeness (QED) is 0.742. The number of rotatable bonds is 5. The minimum atomic E-state index is -0.170. The lowest BCUT2D eigenvalue weighted by atomic mass is 10.1. The van der Waals surface area contributed by atoms with Crippen LogP contribution in [0.25, 0.3) is 11.1 Å². The van der Waals surface area contributed by atoms with Gasteiger partial charge in [0.25, 0.3) is 5.91 Å². The van der Waals surface area contributed by atoms with Crippen LogP contribution in [-0.2, 0) is 6.54 Å². The van der Waals surface area contributed by atoms with Gasteiger partial charge in [-0.15, -0.1) is 0 Å². The maximum Gasteiger partial charge on any atom is 0.255 e. The number of fused-ring (bicyclic) bond motifs is 1. The molecule has 0 bridgehead atoms. The number of amides is 1. The largest absolute Gasteiger partial charge is 0.442 e. The van der Waals surface area contributed by atoms with Crippen LogP contribution < -0.4 is 10.6 Å². The van der Waals surface area contributed by atoms with Crippen LogP contribution in [0.3, 0.4) is 0 Å². The van der Waals surface area contributed by atoms with Gasteiger partial charge in [-0.3, -0.25) is 4.79 Å². The van der Waals surface area contributed by atoms with E-state index in [0.717, 1.165) is 18.4 Å². The smallest absolute Gasteiger partial charge is 0.255 e. The molecule has 0 aromatic carbocycles. The van der Waals surface area contributed by atoms with Gasteiger partial charge in [-0.1, -0.05) is 0 Å². The molecule has 0 unspecified atom stereocenters. The summed E-state index contributed by atoms with van der Waals surface area (Å²) in [5.74, 6) is 1.05. The molecular formula is C17H18N4O2S. The molecule has 7 heteroatoms. The maximum absolute atomic E-state index is 12.7. The van der Waals surface area contributed by atoms with Crippen molar-refractivity contribution in [2.24, 2.45) is 0 Å². The maximum atomic E-state index is 12.7. The highest BCUT2D eigenvalue weighted by molar-refractivity contribution is 7.07. The first kappa shape index (κ1) is 15.1. The number of nitrogens with one attached hydrogen (secondary N) is 2. The summed E-state index contributed by atoms with van der Waals surface area (Å²) in [7, 11) is 0. The summed E-state index contributed by atoms with van der Waals surface area (Å²) in [6.07, 6.45) is 3.65. The van der Waals surface area contributed by atoms with E-state index in [-0.39, 0.29) is 11.4 Å². The van der Waals surface area contributed by atoms with Crippen molar-refractivity contribution < 1.29 is 9.21 Å². The highest BCUT2D eigenvalue weighted by Gasteiger charge is 2.38. The SMILES string of the molecule is Cc1oc2ncnc(NC3(C)CC3)c2c1C(=O)NCc1ccsc1. The second kappa shape index (κ2) is 5.59. The Labute approximate surface area is 143 Å². The van der Waals surface area contributed by atoms with Crippen molar-refractivity contribution in [3.8, 4) is 0 Å². The number of nitrogens with zero attached hydrogens (tertiary/aromatic N) is 2. The van der Waals surface area contributed by atoms with Gasteiger partial charge in [-0.2, -0.15) is 11.3 Å². The van der Waals surface area contributed by atoms with E-state index in [4.69, 9.17) is 4.42 Å². The molecule has 1 amide bonds. The number of aromatic nitrogens is 2. The number of carbonyl (C=O) groups is 1. The van der Waals surface area contributed by atoms with Gasteiger partial charge in [-0.05, 0) is 49.1 Å². The van der Waals surface area contributed by atoms with Crippen molar-refractivity contribution >= 4 is 34.2 Å². The number of anilines is 1. The van der Waals surface area contributed by atoms with Crippen LogP contribution in [0.15, 0.2) is 27.6 Å². The second-order valence-electron chi connectivity index (χ2n) is 6.44. The van der Waals surface area contributed by atoms with Crippen LogP contribution in [0.1, 0.15) is 41.4 Å². The molecule has 0 saturated heterocycles. The Morgan fingerprint density at radius 2 is 2.25 bits per heavy atom. The molecule has 4 rings (SSSR count). The van der Waals surface area contributed by atoms with Gasteiger partial charge in [-0.25, -0.2) is 9.97 Å². The summed E-state index contributed by atoms with van der Waals surface area (Å²) in [5, 5.41) is 11.0. The third kappa shape index (κ3) is 2.75. The van der Waals surface area contributed by atoms with Crippen LogP contribution in [0.4, 0.5) is 5.82 Å². The van der Waals surface area contributed by atoms with Crippen LogP contribution >= 0.6 is 11.3 Å². The fourth-order valence-electron chi connectivity index (χ4n) is 2.67. The molecule has 3 aromatic heterocycles. The molecule has 3 heterocycles. The summed E-state index contributed by atoms with van der Waals surface area (Å²) in [6, 6.07) is 2.00. The molecule has 1 saturated carbocycles. The number of aryl methyl sites for hydroxylation is 1. The first-order valence-electron chi connectivity index (χ1n) is 7.87. The molecule has 0 aliphatic heterocycles. The number of carbonyl (C=O) groups excluding carboxylic acids is 1. The zero-order valence-electron chi connectivity index (χ0n) is 13.5. The van der Waals surface area contributed by atoms with E-state index < -0.39 is 0 Å². The van der Waals surface area contributed by atoms with Crippen LogP contribution in [0, 0.1) is 6.92 Å². The van der Waals surface area contributed by atoms with Gasteiger partial charge in [0.2, 0.25) is 5.71 Å². The molecule has 1 fully saturated rings. The predicted octanol–water partition coefficient (Wildman–Crippen LogP) is 3.49. The number of thiophene rings is 1. The minimum absolute atomic E-state index is 0.0525. The molecule has 3 aromatic rings. The summed E-state index contributed by atoms with van der Waals surface area (Å²) in [5.41, 5.74) is 2.08. The molecule has 0 spiro atoms. The minimum Gasteiger partial charge on any atom is -0.442 e. The molecule has 6 nitrogen and oxygen atoms in total. The Bertz CT molecular complexity index is 897. The topological polar surface area (TPSA) is 80.1 Å². The normalized spacial score (nSPS) is 15.4. The standard InChI is InChI=1S/C17H18N4O2S/c1-10-12(15(22)18-7-11-3-6-24-8-11)13-14(21-17(2)4-5-17)19-9-20-16(13)23-10/h3,6,8-9H,4-5,7H2,1-2H3,(H,18,22)(H,19,20,21). The van der Waals surface area contributed by atoms with Crippen molar-refractivity contribution in [1.82, 2.24) is 15.3 Å². The second-order valence-corrected chi connectivity index (χ2v) is 7.22. The van der Waals surface area contributed by atoms with Crippen molar-refractivity contribution in [3.05, 3.63) is 40.0 Å². The fraction of sp³-hybridized carbons (Fsp3) is 0.353. The van der Waals surface area contributed by atoms with Gasteiger partial charge < -0.3 is 15.1 Å².